The van der Waals surface area contributed by atoms with Crippen molar-refractivity contribution in [2.45, 2.75) is 70.1 Å². The molecule has 0 aromatic rings. The molecule has 0 spiro atoms. The average molecular weight is 386 g/mol. The van der Waals surface area contributed by atoms with Crippen molar-refractivity contribution in [1.82, 2.24) is 9.80 Å². The molecule has 8 nitrogen and oxygen atoms in total. The van der Waals surface area contributed by atoms with Crippen molar-refractivity contribution in [3.63, 3.8) is 0 Å². The highest BCUT2D eigenvalue weighted by Gasteiger charge is 2.65. The molecule has 0 aromatic carbocycles. The first kappa shape index (κ1) is 21.1. The second-order valence-electron chi connectivity index (χ2n) is 8.84. The van der Waals surface area contributed by atoms with Crippen LogP contribution in [0.3, 0.4) is 0 Å². The van der Waals surface area contributed by atoms with E-state index in [1.165, 1.54) is 0 Å². The number of rotatable bonds is 9. The van der Waals surface area contributed by atoms with Crippen LogP contribution in [0.15, 0.2) is 0 Å². The van der Waals surface area contributed by atoms with Gasteiger partial charge in [-0.15, -0.1) is 0 Å². The Kier molecular flexibility index (Phi) is 5.99. The Bertz CT molecular complexity index is 514. The first-order valence-corrected chi connectivity index (χ1v) is 10.1. The van der Waals surface area contributed by atoms with Gasteiger partial charge in [0.15, 0.2) is 0 Å². The molecule has 27 heavy (non-hydrogen) atoms. The number of piperidine rings is 2. The van der Waals surface area contributed by atoms with Crippen LogP contribution in [-0.2, 0) is 4.79 Å². The Morgan fingerprint density at radius 3 is 1.74 bits per heavy atom. The van der Waals surface area contributed by atoms with Crippen molar-refractivity contribution in [1.29, 1.82) is 0 Å². The zero-order chi connectivity index (χ0) is 20.0. The van der Waals surface area contributed by atoms with Crippen LogP contribution in [-0.4, -0.2) is 104 Å². The van der Waals surface area contributed by atoms with E-state index in [4.69, 9.17) is 5.11 Å². The monoisotopic (exact) mass is 386 g/mol. The van der Waals surface area contributed by atoms with Gasteiger partial charge in [0.1, 0.15) is 30.2 Å². The van der Waals surface area contributed by atoms with Crippen LogP contribution in [0.2, 0.25) is 0 Å². The summed E-state index contributed by atoms with van der Waals surface area (Å²) in [4.78, 5) is 17.5. The summed E-state index contributed by atoms with van der Waals surface area (Å²) in [6, 6.07) is 0. The lowest BCUT2D eigenvalue weighted by atomic mass is 9.57. The number of hydrogen-bond acceptors (Lipinski definition) is 8. The molecule has 4 fully saturated rings. The molecule has 156 valence electrons. The Balaban J connectivity index is 1.86. The third kappa shape index (κ3) is 3.25. The van der Waals surface area contributed by atoms with Crippen molar-refractivity contribution in [2.24, 2.45) is 10.8 Å². The minimum Gasteiger partial charge on any atom is -0.394 e. The summed E-state index contributed by atoms with van der Waals surface area (Å²) in [6.07, 6.45) is -3.13. The van der Waals surface area contributed by atoms with Crippen molar-refractivity contribution in [3.8, 4) is 0 Å². The summed E-state index contributed by atoms with van der Waals surface area (Å²) in [7, 11) is 0. The van der Waals surface area contributed by atoms with Crippen LogP contribution in [0.5, 0.6) is 0 Å². The van der Waals surface area contributed by atoms with Crippen LogP contribution in [0.1, 0.15) is 39.5 Å². The van der Waals surface area contributed by atoms with E-state index < -0.39 is 48.0 Å². The molecule has 0 amide bonds. The predicted octanol–water partition coefficient (Wildman–Crippen LogP) is -1.46. The quantitative estimate of drug-likeness (QED) is 0.326. The highest BCUT2D eigenvalue weighted by molar-refractivity contribution is 5.93. The van der Waals surface area contributed by atoms with Crippen molar-refractivity contribution in [2.75, 3.05) is 32.8 Å². The highest BCUT2D eigenvalue weighted by atomic mass is 16.4. The normalized spacial score (nSPS) is 42.2. The number of nitrogens with zero attached hydrogens (tertiary/aromatic N) is 2. The maximum Gasteiger partial charge on any atom is 0.150 e. The Labute approximate surface area is 160 Å². The fourth-order valence-corrected chi connectivity index (χ4v) is 5.87. The molecule has 4 bridgehead atoms. The van der Waals surface area contributed by atoms with E-state index in [0.717, 1.165) is 25.7 Å². The predicted molar refractivity (Wildman–Crippen MR) is 97.7 cm³/mol. The summed E-state index contributed by atoms with van der Waals surface area (Å²) in [6.45, 7) is 5.65. The molecule has 0 aliphatic carbocycles. The maximum atomic E-state index is 13.4. The van der Waals surface area contributed by atoms with Crippen LogP contribution in [0, 0.1) is 10.8 Å². The third-order valence-corrected chi connectivity index (χ3v) is 6.78. The van der Waals surface area contributed by atoms with Gasteiger partial charge in [-0.3, -0.25) is 14.6 Å². The summed E-state index contributed by atoms with van der Waals surface area (Å²) < 4.78 is 0. The number of aliphatic hydroxyl groups is 5. The van der Waals surface area contributed by atoms with E-state index >= 15 is 0 Å². The highest BCUT2D eigenvalue weighted by Crippen LogP contribution is 2.52. The Morgan fingerprint density at radius 1 is 0.926 bits per heavy atom. The summed E-state index contributed by atoms with van der Waals surface area (Å²) in [5.41, 5.74) is -0.852. The van der Waals surface area contributed by atoms with E-state index in [1.54, 1.807) is 0 Å². The van der Waals surface area contributed by atoms with Crippen LogP contribution < -0.4 is 0 Å². The zero-order valence-electron chi connectivity index (χ0n) is 16.3. The summed E-state index contributed by atoms with van der Waals surface area (Å²) in [5, 5.41) is 49.8. The van der Waals surface area contributed by atoms with Crippen LogP contribution >= 0.6 is 0 Å². The van der Waals surface area contributed by atoms with Gasteiger partial charge in [0.05, 0.1) is 23.6 Å². The van der Waals surface area contributed by atoms with Gasteiger partial charge in [0.2, 0.25) is 0 Å². The molecule has 4 aliphatic heterocycles. The van der Waals surface area contributed by atoms with Gasteiger partial charge in [-0.25, -0.2) is 0 Å². The Morgan fingerprint density at radius 2 is 1.37 bits per heavy atom. The molecular formula is C19H34N2O6. The van der Waals surface area contributed by atoms with Gasteiger partial charge in [0, 0.05) is 26.2 Å². The van der Waals surface area contributed by atoms with Crippen molar-refractivity contribution in [3.05, 3.63) is 0 Å². The van der Waals surface area contributed by atoms with Crippen molar-refractivity contribution < 1.29 is 30.3 Å². The minimum atomic E-state index is -1.64. The molecule has 5 N–H and O–H groups in total. The lowest BCUT2D eigenvalue weighted by Gasteiger charge is -2.67. The van der Waals surface area contributed by atoms with Gasteiger partial charge in [-0.05, 0) is 12.8 Å². The molecule has 0 radical (unpaired) electrons. The number of Topliss-reactive ketones (excluding diaryl/α,β-unsaturated/α-hetero) is 1. The van der Waals surface area contributed by atoms with Crippen LogP contribution in [0.25, 0.3) is 0 Å². The first-order valence-electron chi connectivity index (χ1n) is 10.1. The summed E-state index contributed by atoms with van der Waals surface area (Å²) in [5.74, 6) is 0.357. The molecule has 0 aromatic heterocycles. The lowest BCUT2D eigenvalue weighted by Crippen LogP contribution is -2.81. The molecule has 4 heterocycles. The number of hydrogen-bond donors (Lipinski definition) is 5. The van der Waals surface area contributed by atoms with E-state index in [-0.39, 0.29) is 0 Å². The molecule has 0 unspecified atom stereocenters. The second-order valence-corrected chi connectivity index (χ2v) is 8.84. The number of ketones is 1. The van der Waals surface area contributed by atoms with Gasteiger partial charge >= 0.3 is 0 Å². The number of carbonyl (C=O) groups is 1. The number of carbonyl (C=O) groups excluding carboxylic acids is 1. The smallest absolute Gasteiger partial charge is 0.150 e. The van der Waals surface area contributed by atoms with Crippen LogP contribution in [0.4, 0.5) is 0 Å². The minimum absolute atomic E-state index is 0.357. The first-order chi connectivity index (χ1) is 12.7. The largest absolute Gasteiger partial charge is 0.394 e. The molecule has 4 atom stereocenters. The van der Waals surface area contributed by atoms with E-state index in [1.807, 2.05) is 0 Å². The van der Waals surface area contributed by atoms with Gasteiger partial charge in [0.25, 0.3) is 0 Å². The fraction of sp³-hybridized carbons (Fsp3) is 0.947. The lowest BCUT2D eigenvalue weighted by molar-refractivity contribution is -0.235. The zero-order valence-corrected chi connectivity index (χ0v) is 16.3. The number of aliphatic hydroxyl groups excluding tert-OH is 5. The van der Waals surface area contributed by atoms with Crippen molar-refractivity contribution >= 4 is 5.78 Å². The van der Waals surface area contributed by atoms with E-state index in [9.17, 15) is 25.2 Å². The topological polar surface area (TPSA) is 125 Å². The van der Waals surface area contributed by atoms with Gasteiger partial charge < -0.3 is 25.5 Å². The second kappa shape index (κ2) is 7.67. The fourth-order valence-electron chi connectivity index (χ4n) is 5.87. The average Bonchev–Trinajstić information content (AvgIpc) is 2.63. The molecule has 4 aliphatic rings. The van der Waals surface area contributed by atoms with E-state index in [0.29, 0.717) is 32.0 Å². The SMILES string of the molecule is CCCC12CN3CC(CCC)(CN(C1)C3[C@H](O)[C@H](O)[C@H](O)[C@H](O)CO)C2=O. The van der Waals surface area contributed by atoms with E-state index in [2.05, 4.69) is 23.6 Å². The third-order valence-electron chi connectivity index (χ3n) is 6.78. The van der Waals surface area contributed by atoms with Gasteiger partial charge in [-0.1, -0.05) is 26.7 Å². The molecular weight excluding hydrogens is 352 g/mol. The standard InChI is InChI=1S/C19H34N2O6/c1-3-5-18-8-20-10-19(6-4-2,17(18)27)11-21(9-18)16(20)15(26)14(25)13(24)12(23)7-22/h12-16,22-26H,3-11H2,1-2H3/t12-,13-,14-,15-,16?,18?,19?/m1/s1. The molecule has 8 heteroatoms. The Hall–Kier alpha value is -0.610. The van der Waals surface area contributed by atoms with Gasteiger partial charge in [-0.2, -0.15) is 0 Å². The maximum absolute atomic E-state index is 13.4. The molecule has 0 saturated carbocycles. The summed E-state index contributed by atoms with van der Waals surface area (Å²) >= 11 is 0. The molecule has 4 saturated heterocycles. The molecule has 4 rings (SSSR count).